The molecule has 98 valence electrons. The molecule has 1 heterocycles. The van der Waals surface area contributed by atoms with Gasteiger partial charge in [-0.1, -0.05) is 17.7 Å². The standard InChI is InChI=1S/C16H17ClN2/c17-13-8-12-2-1-7-18-16(12)14(9-13)19-15(10-3-4-10)11-5-6-11/h1-2,7-11,15,19H,3-6H2. The minimum absolute atomic E-state index is 0.628. The van der Waals surface area contributed by atoms with Crippen LogP contribution >= 0.6 is 11.6 Å². The molecule has 1 N–H and O–H groups in total. The molecule has 0 saturated heterocycles. The lowest BCUT2D eigenvalue weighted by molar-refractivity contribution is 0.568. The molecule has 4 rings (SSSR count). The number of benzene rings is 1. The number of halogens is 1. The molecule has 2 nitrogen and oxygen atoms in total. The van der Waals surface area contributed by atoms with Crippen LogP contribution in [0.3, 0.4) is 0 Å². The second-order valence-electron chi connectivity index (χ2n) is 5.87. The first-order valence-electron chi connectivity index (χ1n) is 7.12. The molecule has 2 aliphatic rings. The summed E-state index contributed by atoms with van der Waals surface area (Å²) in [5.74, 6) is 1.73. The van der Waals surface area contributed by atoms with Gasteiger partial charge in [0.1, 0.15) is 0 Å². The molecule has 0 atom stereocenters. The predicted octanol–water partition coefficient (Wildman–Crippen LogP) is 4.49. The summed E-state index contributed by atoms with van der Waals surface area (Å²) in [7, 11) is 0. The first-order chi connectivity index (χ1) is 9.31. The van der Waals surface area contributed by atoms with E-state index in [4.69, 9.17) is 11.6 Å². The summed E-state index contributed by atoms with van der Waals surface area (Å²) in [5.41, 5.74) is 2.14. The highest BCUT2D eigenvalue weighted by Crippen LogP contribution is 2.46. The van der Waals surface area contributed by atoms with Gasteiger partial charge in [-0.05, 0) is 55.7 Å². The molecule has 19 heavy (non-hydrogen) atoms. The first-order valence-corrected chi connectivity index (χ1v) is 7.50. The third-order valence-electron chi connectivity index (χ3n) is 4.25. The monoisotopic (exact) mass is 272 g/mol. The van der Waals surface area contributed by atoms with Crippen molar-refractivity contribution in [2.24, 2.45) is 11.8 Å². The molecule has 0 amide bonds. The Hall–Kier alpha value is -1.28. The molecule has 0 bridgehead atoms. The zero-order chi connectivity index (χ0) is 12.8. The van der Waals surface area contributed by atoms with E-state index in [-0.39, 0.29) is 0 Å². The average molecular weight is 273 g/mol. The molecule has 0 radical (unpaired) electrons. The molecule has 2 aromatic rings. The Bertz CT molecular complexity index is 605. The smallest absolute Gasteiger partial charge is 0.0934 e. The molecule has 1 aromatic heterocycles. The third-order valence-corrected chi connectivity index (χ3v) is 4.47. The summed E-state index contributed by atoms with van der Waals surface area (Å²) in [5, 5.41) is 5.64. The molecule has 0 spiro atoms. The van der Waals surface area contributed by atoms with Crippen LogP contribution in [0.4, 0.5) is 5.69 Å². The van der Waals surface area contributed by atoms with Crippen LogP contribution in [-0.4, -0.2) is 11.0 Å². The number of fused-ring (bicyclic) bond motifs is 1. The van der Waals surface area contributed by atoms with Gasteiger partial charge in [-0.3, -0.25) is 4.98 Å². The van der Waals surface area contributed by atoms with E-state index in [1.54, 1.807) is 0 Å². The number of aromatic nitrogens is 1. The van der Waals surface area contributed by atoms with Crippen LogP contribution < -0.4 is 5.32 Å². The molecular weight excluding hydrogens is 256 g/mol. The number of anilines is 1. The molecule has 2 saturated carbocycles. The van der Waals surface area contributed by atoms with Crippen molar-refractivity contribution in [2.45, 2.75) is 31.7 Å². The van der Waals surface area contributed by atoms with E-state index in [1.165, 1.54) is 25.7 Å². The van der Waals surface area contributed by atoms with Gasteiger partial charge < -0.3 is 5.32 Å². The van der Waals surface area contributed by atoms with Crippen molar-refractivity contribution in [3.63, 3.8) is 0 Å². The van der Waals surface area contributed by atoms with Gasteiger partial charge in [-0.2, -0.15) is 0 Å². The van der Waals surface area contributed by atoms with Crippen molar-refractivity contribution in [1.29, 1.82) is 0 Å². The van der Waals surface area contributed by atoms with Crippen molar-refractivity contribution in [3.05, 3.63) is 35.5 Å². The summed E-state index contributed by atoms with van der Waals surface area (Å²) >= 11 is 6.23. The van der Waals surface area contributed by atoms with Crippen LogP contribution in [0.2, 0.25) is 5.02 Å². The SMILES string of the molecule is Clc1cc(NC(C2CC2)C2CC2)c2ncccc2c1. The Morgan fingerprint density at radius 2 is 1.89 bits per heavy atom. The van der Waals surface area contributed by atoms with E-state index in [2.05, 4.69) is 16.4 Å². The Morgan fingerprint density at radius 3 is 2.58 bits per heavy atom. The van der Waals surface area contributed by atoms with E-state index in [1.807, 2.05) is 24.4 Å². The van der Waals surface area contributed by atoms with Crippen molar-refractivity contribution >= 4 is 28.2 Å². The lowest BCUT2D eigenvalue weighted by Gasteiger charge is -2.20. The molecule has 0 aliphatic heterocycles. The predicted molar refractivity (Wildman–Crippen MR) is 79.6 cm³/mol. The van der Waals surface area contributed by atoms with Gasteiger partial charge in [-0.25, -0.2) is 0 Å². The minimum Gasteiger partial charge on any atom is -0.380 e. The van der Waals surface area contributed by atoms with Gasteiger partial charge in [0.2, 0.25) is 0 Å². The van der Waals surface area contributed by atoms with E-state index >= 15 is 0 Å². The van der Waals surface area contributed by atoms with Crippen molar-refractivity contribution in [2.75, 3.05) is 5.32 Å². The second kappa shape index (κ2) is 4.38. The van der Waals surface area contributed by atoms with Crippen molar-refractivity contribution < 1.29 is 0 Å². The molecule has 2 fully saturated rings. The van der Waals surface area contributed by atoms with Gasteiger partial charge in [0.05, 0.1) is 11.2 Å². The highest BCUT2D eigenvalue weighted by Gasteiger charge is 2.41. The second-order valence-corrected chi connectivity index (χ2v) is 6.31. The Labute approximate surface area is 118 Å². The lowest BCUT2D eigenvalue weighted by atomic mass is 10.1. The molecule has 3 heteroatoms. The van der Waals surface area contributed by atoms with Gasteiger partial charge in [0, 0.05) is 22.6 Å². The van der Waals surface area contributed by atoms with Crippen LogP contribution in [0.1, 0.15) is 25.7 Å². The fourth-order valence-corrected chi connectivity index (χ4v) is 3.20. The fourth-order valence-electron chi connectivity index (χ4n) is 2.98. The summed E-state index contributed by atoms with van der Waals surface area (Å²) < 4.78 is 0. The van der Waals surface area contributed by atoms with E-state index in [9.17, 15) is 0 Å². The normalized spacial score (nSPS) is 19.1. The average Bonchev–Trinajstić information content (AvgIpc) is 3.28. The van der Waals surface area contributed by atoms with Gasteiger partial charge >= 0.3 is 0 Å². The minimum atomic E-state index is 0.628. The maximum atomic E-state index is 6.23. The first kappa shape index (κ1) is 11.5. The largest absolute Gasteiger partial charge is 0.380 e. The number of nitrogens with zero attached hydrogens (tertiary/aromatic N) is 1. The summed E-state index contributed by atoms with van der Waals surface area (Å²) in [6, 6.07) is 8.67. The fraction of sp³-hybridized carbons (Fsp3) is 0.438. The number of nitrogens with one attached hydrogen (secondary N) is 1. The molecule has 1 aromatic carbocycles. The lowest BCUT2D eigenvalue weighted by Crippen LogP contribution is -2.24. The summed E-state index contributed by atoms with van der Waals surface area (Å²) in [6.07, 6.45) is 7.35. The molecule has 2 aliphatic carbocycles. The maximum Gasteiger partial charge on any atom is 0.0934 e. The highest BCUT2D eigenvalue weighted by atomic mass is 35.5. The van der Waals surface area contributed by atoms with Crippen molar-refractivity contribution in [1.82, 2.24) is 4.98 Å². The Balaban J connectivity index is 1.72. The zero-order valence-corrected chi connectivity index (χ0v) is 11.5. The van der Waals surface area contributed by atoms with E-state index in [0.29, 0.717) is 6.04 Å². The Morgan fingerprint density at radius 1 is 1.16 bits per heavy atom. The highest BCUT2D eigenvalue weighted by molar-refractivity contribution is 6.31. The van der Waals surface area contributed by atoms with Gasteiger partial charge in [0.25, 0.3) is 0 Å². The van der Waals surface area contributed by atoms with Crippen LogP contribution in [0, 0.1) is 11.8 Å². The summed E-state index contributed by atoms with van der Waals surface area (Å²) in [4.78, 5) is 4.51. The van der Waals surface area contributed by atoms with Crippen LogP contribution in [0.15, 0.2) is 30.5 Å². The van der Waals surface area contributed by atoms with Crippen molar-refractivity contribution in [3.8, 4) is 0 Å². The number of hydrogen-bond acceptors (Lipinski definition) is 2. The quantitative estimate of drug-likeness (QED) is 0.887. The van der Waals surface area contributed by atoms with Crippen LogP contribution in [-0.2, 0) is 0 Å². The van der Waals surface area contributed by atoms with Crippen LogP contribution in [0.25, 0.3) is 10.9 Å². The van der Waals surface area contributed by atoms with E-state index < -0.39 is 0 Å². The molecule has 0 unspecified atom stereocenters. The zero-order valence-electron chi connectivity index (χ0n) is 10.8. The number of rotatable bonds is 4. The van der Waals surface area contributed by atoms with Gasteiger partial charge in [-0.15, -0.1) is 0 Å². The Kier molecular flexibility index (Phi) is 2.66. The van der Waals surface area contributed by atoms with Crippen LogP contribution in [0.5, 0.6) is 0 Å². The van der Waals surface area contributed by atoms with Gasteiger partial charge in [0.15, 0.2) is 0 Å². The topological polar surface area (TPSA) is 24.9 Å². The third kappa shape index (κ3) is 2.30. The maximum absolute atomic E-state index is 6.23. The summed E-state index contributed by atoms with van der Waals surface area (Å²) in [6.45, 7) is 0. The number of hydrogen-bond donors (Lipinski definition) is 1. The van der Waals surface area contributed by atoms with E-state index in [0.717, 1.165) is 33.4 Å². The number of pyridine rings is 1. The molecular formula is C16H17ClN2.